The van der Waals surface area contributed by atoms with Crippen molar-refractivity contribution in [3.63, 3.8) is 0 Å². The lowest BCUT2D eigenvalue weighted by Gasteiger charge is -2.44. The summed E-state index contributed by atoms with van der Waals surface area (Å²) < 4.78 is 31.9. The van der Waals surface area contributed by atoms with Gasteiger partial charge >= 0.3 is 13.5 Å². The van der Waals surface area contributed by atoms with Crippen molar-refractivity contribution < 1.29 is 33.2 Å². The maximum absolute atomic E-state index is 13.3. The summed E-state index contributed by atoms with van der Waals surface area (Å²) in [7, 11) is -3.66. The summed E-state index contributed by atoms with van der Waals surface area (Å²) in [6.45, 7) is 1.53. The van der Waals surface area contributed by atoms with Gasteiger partial charge in [-0.2, -0.15) is 0 Å². The fourth-order valence-corrected chi connectivity index (χ4v) is 8.62. The molecule has 7 aromatic rings. The Morgan fingerprint density at radius 3 is 2.12 bits per heavy atom. The number of phosphoric acid groups is 1. The number of nitrogens with one attached hydrogen (secondary N) is 1. The van der Waals surface area contributed by atoms with E-state index in [-0.39, 0.29) is 12.0 Å². The van der Waals surface area contributed by atoms with E-state index in [4.69, 9.17) is 30.4 Å². The Kier molecular flexibility index (Phi) is 10.6. The monoisotopic (exact) mass is 821 g/mol. The lowest BCUT2D eigenvalue weighted by atomic mass is 9.64. The number of aryl methyl sites for hydroxylation is 1. The Bertz CT molecular complexity index is 2700. The zero-order valence-corrected chi connectivity index (χ0v) is 32.7. The summed E-state index contributed by atoms with van der Waals surface area (Å²) >= 11 is 6.65. The molecule has 0 spiro atoms. The third kappa shape index (κ3) is 7.26. The second kappa shape index (κ2) is 15.8. The van der Waals surface area contributed by atoms with Gasteiger partial charge in [-0.25, -0.2) is 9.36 Å². The number of methoxy groups -OCH3 is 1. The van der Waals surface area contributed by atoms with Crippen molar-refractivity contribution >= 4 is 30.5 Å². The number of nitrogens with zero attached hydrogens (tertiary/aromatic N) is 4. The number of halogens is 1. The second-order valence-electron chi connectivity index (χ2n) is 13.8. The molecule has 14 nitrogen and oxygen atoms in total. The van der Waals surface area contributed by atoms with Crippen molar-refractivity contribution in [2.75, 3.05) is 7.11 Å². The highest BCUT2D eigenvalue weighted by atomic mass is 35.5. The number of rotatable bonds is 12. The van der Waals surface area contributed by atoms with Crippen LogP contribution in [0.4, 0.5) is 0 Å². The van der Waals surface area contributed by atoms with Gasteiger partial charge in [0, 0.05) is 34.3 Å². The van der Waals surface area contributed by atoms with Crippen LogP contribution in [-0.4, -0.2) is 59.9 Å². The number of aromatic amines is 1. The summed E-state index contributed by atoms with van der Waals surface area (Å²) in [5, 5.41) is 9.54. The number of fused-ring (bicyclic) bond motifs is 1. The van der Waals surface area contributed by atoms with Gasteiger partial charge in [0.05, 0.1) is 12.5 Å². The van der Waals surface area contributed by atoms with E-state index in [1.807, 2.05) is 103 Å². The molecule has 0 aliphatic carbocycles. The van der Waals surface area contributed by atoms with E-state index >= 15 is 0 Å². The zero-order valence-electron chi connectivity index (χ0n) is 31.1. The van der Waals surface area contributed by atoms with E-state index in [9.17, 15) is 23.9 Å². The number of aromatic nitrogens is 5. The molecule has 58 heavy (non-hydrogen) atoms. The summed E-state index contributed by atoms with van der Waals surface area (Å²) in [5.74, 6) is 0.582. The van der Waals surface area contributed by atoms with Gasteiger partial charge in [0.1, 0.15) is 35.2 Å². The molecule has 4 atom stereocenters. The zero-order chi connectivity index (χ0) is 40.6. The van der Waals surface area contributed by atoms with Gasteiger partial charge in [0.25, 0.3) is 5.56 Å². The van der Waals surface area contributed by atoms with Crippen LogP contribution < -0.4 is 20.8 Å². The molecule has 1 aliphatic heterocycles. The van der Waals surface area contributed by atoms with E-state index in [1.54, 1.807) is 31.4 Å². The number of hydrogen-bond donors (Lipinski definition) is 3. The first-order valence-electron chi connectivity index (χ1n) is 18.2. The molecule has 296 valence electrons. The third-order valence-electron chi connectivity index (χ3n) is 10.4. The number of H-pyrrole nitrogens is 1. The maximum atomic E-state index is 13.3. The molecule has 1 fully saturated rings. The lowest BCUT2D eigenvalue weighted by molar-refractivity contribution is -0.129. The highest BCUT2D eigenvalue weighted by Gasteiger charge is 2.57. The highest BCUT2D eigenvalue weighted by Crippen LogP contribution is 2.51. The molecule has 8 rings (SSSR count). The minimum absolute atomic E-state index is 0.219. The highest BCUT2D eigenvalue weighted by molar-refractivity contribution is 7.46. The average Bonchev–Trinajstić information content (AvgIpc) is 3.83. The first kappa shape index (κ1) is 39.0. The second-order valence-corrected chi connectivity index (χ2v) is 15.4. The molecule has 0 saturated carbocycles. The molecule has 1 aliphatic rings. The van der Waals surface area contributed by atoms with E-state index in [2.05, 4.69) is 15.3 Å². The van der Waals surface area contributed by atoms with Gasteiger partial charge in [0.15, 0.2) is 6.10 Å². The average molecular weight is 822 g/mol. The largest absolute Gasteiger partial charge is 0.497 e. The van der Waals surface area contributed by atoms with E-state index < -0.39 is 49.0 Å². The van der Waals surface area contributed by atoms with Crippen molar-refractivity contribution in [3.05, 3.63) is 182 Å². The normalized spacial score (nSPS) is 17.6. The molecule has 16 heteroatoms. The predicted octanol–water partition coefficient (Wildman–Crippen LogP) is 6.22. The molecule has 0 bridgehead atoms. The number of ether oxygens (including phenoxy) is 2. The van der Waals surface area contributed by atoms with Crippen LogP contribution in [0.1, 0.15) is 34.9 Å². The number of phosphoric ester groups is 1. The summed E-state index contributed by atoms with van der Waals surface area (Å²) in [4.78, 5) is 57.1. The van der Waals surface area contributed by atoms with Crippen molar-refractivity contribution in [3.8, 4) is 16.9 Å². The number of benzene rings is 5. The van der Waals surface area contributed by atoms with Gasteiger partial charge in [-0.05, 0) is 53.1 Å². The topological polar surface area (TPSA) is 180 Å². The summed E-state index contributed by atoms with van der Waals surface area (Å²) in [5.41, 5.74) is 1.88. The molecule has 1 saturated heterocycles. The van der Waals surface area contributed by atoms with Gasteiger partial charge in [-0.3, -0.25) is 18.9 Å². The lowest BCUT2D eigenvalue weighted by Crippen LogP contribution is -2.57. The number of hydrogen-bond acceptors (Lipinski definition) is 9. The molecule has 0 amide bonds. The van der Waals surface area contributed by atoms with Crippen LogP contribution in [0.5, 0.6) is 5.75 Å². The third-order valence-corrected chi connectivity index (χ3v) is 11.3. The Morgan fingerprint density at radius 1 is 0.862 bits per heavy atom. The molecule has 5 aromatic carbocycles. The van der Waals surface area contributed by atoms with Gasteiger partial charge in [-0.1, -0.05) is 120 Å². The molecular formula is C42H37ClN5O9P. The standard InChI is InChI=1S/C42H37ClN5O9P/c1-26-25-47(41(50)44-40(26)49)36-24-35(57-58(51,52)53)38(55-36)39(56-48-34-19-11-17-32(37(34)45-46-48)31-16-9-10-18-33(31)43)42(27-12-5-3-6-13-27,28-14-7-4-8-15-28)29-20-22-30(54-2)23-21-29/h3-23,25,35-36,38-39H,24H2,1-2H3,(H,44,49,50)(H2,51,52,53)/t35-,36+,38-,39?/m0/s1. The molecule has 3 N–H and O–H groups in total. The van der Waals surface area contributed by atoms with Crippen LogP contribution in [-0.2, 0) is 19.2 Å². The fraction of sp³-hybridized carbons (Fsp3) is 0.190. The van der Waals surface area contributed by atoms with Gasteiger partial charge in [0.2, 0.25) is 0 Å². The van der Waals surface area contributed by atoms with E-state index in [1.165, 1.54) is 22.5 Å². The van der Waals surface area contributed by atoms with Crippen LogP contribution in [0.3, 0.4) is 0 Å². The van der Waals surface area contributed by atoms with E-state index in [0.29, 0.717) is 44.1 Å². The van der Waals surface area contributed by atoms with Crippen LogP contribution in [0.2, 0.25) is 5.02 Å². The fourth-order valence-electron chi connectivity index (χ4n) is 7.82. The minimum atomic E-state index is -5.22. The van der Waals surface area contributed by atoms with Crippen LogP contribution >= 0.6 is 19.4 Å². The van der Waals surface area contributed by atoms with Crippen molar-refractivity contribution in [1.29, 1.82) is 0 Å². The van der Waals surface area contributed by atoms with Crippen molar-refractivity contribution in [2.45, 2.75) is 43.3 Å². The Balaban J connectivity index is 1.41. The molecular weight excluding hydrogens is 785 g/mol. The smallest absolute Gasteiger partial charge is 0.469 e. The first-order valence-corrected chi connectivity index (χ1v) is 20.1. The van der Waals surface area contributed by atoms with Crippen LogP contribution in [0.25, 0.3) is 22.2 Å². The Hall–Kier alpha value is -5.86. The minimum Gasteiger partial charge on any atom is -0.497 e. The van der Waals surface area contributed by atoms with Crippen molar-refractivity contribution in [1.82, 2.24) is 24.7 Å². The quantitative estimate of drug-likeness (QED) is 0.0942. The molecule has 0 radical (unpaired) electrons. The molecule has 3 heterocycles. The maximum Gasteiger partial charge on any atom is 0.469 e. The van der Waals surface area contributed by atoms with E-state index in [0.717, 1.165) is 5.56 Å². The first-order chi connectivity index (χ1) is 28.0. The Labute approximate surface area is 336 Å². The SMILES string of the molecule is COc1ccc(C(c2ccccc2)(c2ccccc2)C(On2nnc3c(-c4ccccc4Cl)cccc32)[C@H]2O[C@@H](n3cc(C)c(=O)[nH]c3=O)C[C@@H]2OP(=O)(O)O)cc1. The summed E-state index contributed by atoms with van der Waals surface area (Å²) in [6, 6.07) is 39.1. The van der Waals surface area contributed by atoms with Crippen molar-refractivity contribution in [2.24, 2.45) is 0 Å². The molecule has 2 aromatic heterocycles. The Morgan fingerprint density at radius 2 is 1.48 bits per heavy atom. The van der Waals surface area contributed by atoms with Gasteiger partial charge < -0.3 is 24.1 Å². The summed E-state index contributed by atoms with van der Waals surface area (Å²) in [6.07, 6.45) is -4.11. The van der Waals surface area contributed by atoms with Crippen LogP contribution in [0.15, 0.2) is 143 Å². The molecule has 1 unspecified atom stereocenters. The predicted molar refractivity (Wildman–Crippen MR) is 216 cm³/mol. The van der Waals surface area contributed by atoms with Gasteiger partial charge in [-0.15, -0.1) is 5.10 Å². The van der Waals surface area contributed by atoms with Crippen LogP contribution in [0, 0.1) is 6.92 Å².